The molecule has 4 atom stereocenters. The summed E-state index contributed by atoms with van der Waals surface area (Å²) >= 11 is 3.01. The normalized spacial score (nSPS) is 30.2. The summed E-state index contributed by atoms with van der Waals surface area (Å²) in [5.41, 5.74) is -1.20. The van der Waals surface area contributed by atoms with Gasteiger partial charge in [0.05, 0.1) is 12.2 Å². The van der Waals surface area contributed by atoms with Crippen molar-refractivity contribution in [1.82, 2.24) is 9.55 Å². The number of rotatable bonds is 3. The lowest BCUT2D eigenvalue weighted by Gasteiger charge is -2.17. The fourth-order valence-corrected chi connectivity index (χ4v) is 2.27. The Bertz CT molecular complexity index is 624. The van der Waals surface area contributed by atoms with Gasteiger partial charge in [0, 0.05) is 6.20 Å². The molecule has 0 aliphatic carbocycles. The van der Waals surface area contributed by atoms with Crippen molar-refractivity contribution in [3.63, 3.8) is 0 Å². The van der Waals surface area contributed by atoms with Crippen LogP contribution in [0.15, 0.2) is 20.8 Å². The van der Waals surface area contributed by atoms with E-state index in [2.05, 4.69) is 20.9 Å². The van der Waals surface area contributed by atoms with Crippen molar-refractivity contribution in [2.45, 2.75) is 24.5 Å². The van der Waals surface area contributed by atoms with Gasteiger partial charge in [-0.15, -0.1) is 0 Å². The van der Waals surface area contributed by atoms with Gasteiger partial charge in [-0.05, 0) is 11.1 Å². The smallest absolute Gasteiger partial charge is 0.330 e. The van der Waals surface area contributed by atoms with Crippen LogP contribution >= 0.6 is 15.9 Å². The lowest BCUT2D eigenvalue weighted by molar-refractivity contribution is -0.0550. The molecular weight excluding hydrogens is 336 g/mol. The number of H-pyrrole nitrogens is 1. The third kappa shape index (κ3) is 2.63. The Balaban J connectivity index is 2.46. The third-order valence-corrected chi connectivity index (χ3v) is 3.29. The van der Waals surface area contributed by atoms with E-state index >= 15 is 0 Å². The maximum absolute atomic E-state index is 11.8. The van der Waals surface area contributed by atoms with Gasteiger partial charge in [0.25, 0.3) is 5.56 Å². The fraction of sp³-hybridized carbons (Fsp3) is 0.455. The molecule has 2 heterocycles. The highest BCUT2D eigenvalue weighted by atomic mass is 79.9. The van der Waals surface area contributed by atoms with E-state index in [9.17, 15) is 19.8 Å². The monoisotopic (exact) mass is 348 g/mol. The molecule has 8 nitrogen and oxygen atoms in total. The molecule has 1 fully saturated rings. The second-order valence-electron chi connectivity index (χ2n) is 4.27. The van der Waals surface area contributed by atoms with E-state index in [1.165, 1.54) is 17.3 Å². The first kappa shape index (κ1) is 15.1. The number of aromatic amines is 1. The van der Waals surface area contributed by atoms with Gasteiger partial charge in [0.1, 0.15) is 18.3 Å². The Labute approximate surface area is 121 Å². The van der Waals surface area contributed by atoms with Crippen LogP contribution in [0.1, 0.15) is 11.8 Å². The SMILES string of the molecule is O=c1[nH]c(=O)n([C@@H]2O[C@H](CO)[C@H](O)[C@@H]2O)cc1/C=C/Br. The summed E-state index contributed by atoms with van der Waals surface area (Å²) in [5.74, 6) is 0. The first-order valence-corrected chi connectivity index (χ1v) is 6.66. The number of aliphatic hydroxyl groups excluding tert-OH is 3. The summed E-state index contributed by atoms with van der Waals surface area (Å²) in [6, 6.07) is 0. The topological polar surface area (TPSA) is 125 Å². The highest BCUT2D eigenvalue weighted by Gasteiger charge is 2.43. The lowest BCUT2D eigenvalue weighted by Crippen LogP contribution is -2.38. The minimum absolute atomic E-state index is 0.166. The van der Waals surface area contributed by atoms with Crippen LogP contribution in [0.2, 0.25) is 0 Å². The molecule has 0 saturated carbocycles. The molecule has 2 rings (SSSR count). The van der Waals surface area contributed by atoms with Crippen LogP contribution in [-0.2, 0) is 4.74 Å². The van der Waals surface area contributed by atoms with Gasteiger partial charge >= 0.3 is 5.69 Å². The van der Waals surface area contributed by atoms with E-state index in [1.807, 2.05) is 0 Å². The van der Waals surface area contributed by atoms with Crippen molar-refractivity contribution in [2.24, 2.45) is 0 Å². The van der Waals surface area contributed by atoms with Gasteiger partial charge in [0.2, 0.25) is 0 Å². The van der Waals surface area contributed by atoms with Crippen LogP contribution in [0.3, 0.4) is 0 Å². The van der Waals surface area contributed by atoms with Crippen LogP contribution < -0.4 is 11.2 Å². The van der Waals surface area contributed by atoms with Gasteiger partial charge in [-0.25, -0.2) is 4.79 Å². The molecule has 1 aromatic heterocycles. The number of halogens is 1. The summed E-state index contributed by atoms with van der Waals surface area (Å²) in [6.07, 6.45) is -2.27. The third-order valence-electron chi connectivity index (χ3n) is 3.03. The van der Waals surface area contributed by atoms with Crippen molar-refractivity contribution < 1.29 is 20.1 Å². The van der Waals surface area contributed by atoms with Crippen LogP contribution in [0.4, 0.5) is 0 Å². The van der Waals surface area contributed by atoms with Gasteiger partial charge in [-0.1, -0.05) is 15.9 Å². The van der Waals surface area contributed by atoms with E-state index in [0.29, 0.717) is 0 Å². The molecule has 0 spiro atoms. The van der Waals surface area contributed by atoms with E-state index in [4.69, 9.17) is 9.84 Å². The zero-order valence-electron chi connectivity index (χ0n) is 10.1. The number of hydrogen-bond donors (Lipinski definition) is 4. The molecule has 0 radical (unpaired) electrons. The van der Waals surface area contributed by atoms with Gasteiger partial charge in [-0.3, -0.25) is 14.3 Å². The van der Waals surface area contributed by atoms with Crippen molar-refractivity contribution in [3.8, 4) is 0 Å². The summed E-state index contributed by atoms with van der Waals surface area (Å²) in [6.45, 7) is -0.499. The summed E-state index contributed by atoms with van der Waals surface area (Å²) in [7, 11) is 0. The Morgan fingerprint density at radius 1 is 1.40 bits per heavy atom. The number of nitrogens with one attached hydrogen (secondary N) is 1. The molecule has 1 aliphatic heterocycles. The molecule has 1 aromatic rings. The van der Waals surface area contributed by atoms with Crippen LogP contribution in [0.25, 0.3) is 6.08 Å². The zero-order chi connectivity index (χ0) is 14.9. The molecule has 9 heteroatoms. The molecule has 110 valence electrons. The largest absolute Gasteiger partial charge is 0.394 e. The standard InChI is InChI=1S/C11H13BrN2O6/c12-2-1-5-3-14(11(19)13-9(5)18)10-8(17)7(16)6(4-15)20-10/h1-3,6-8,10,15-17H,4H2,(H,13,18,19)/b2-1+/t6-,7+,8+,10-/m1/s1. The minimum Gasteiger partial charge on any atom is -0.394 e. The van der Waals surface area contributed by atoms with Gasteiger partial charge in [-0.2, -0.15) is 0 Å². The number of aromatic nitrogens is 2. The van der Waals surface area contributed by atoms with Crippen molar-refractivity contribution in [3.05, 3.63) is 37.6 Å². The number of hydrogen-bond acceptors (Lipinski definition) is 6. The van der Waals surface area contributed by atoms with Crippen LogP contribution in [-0.4, -0.2) is 49.8 Å². The first-order chi connectivity index (χ1) is 9.49. The van der Waals surface area contributed by atoms with Gasteiger partial charge in [0.15, 0.2) is 6.23 Å². The van der Waals surface area contributed by atoms with Crippen molar-refractivity contribution in [2.75, 3.05) is 6.61 Å². The van der Waals surface area contributed by atoms with Crippen molar-refractivity contribution >= 4 is 22.0 Å². The molecule has 0 bridgehead atoms. The Kier molecular flexibility index (Phi) is 4.55. The molecule has 0 aromatic carbocycles. The van der Waals surface area contributed by atoms with E-state index in [1.54, 1.807) is 0 Å². The Morgan fingerprint density at radius 3 is 2.65 bits per heavy atom. The molecule has 1 saturated heterocycles. The minimum atomic E-state index is -1.39. The highest BCUT2D eigenvalue weighted by molar-refractivity contribution is 9.11. The van der Waals surface area contributed by atoms with Crippen LogP contribution in [0.5, 0.6) is 0 Å². The predicted octanol–water partition coefficient (Wildman–Crippen LogP) is -1.49. The van der Waals surface area contributed by atoms with Gasteiger partial charge < -0.3 is 20.1 Å². The summed E-state index contributed by atoms with van der Waals surface area (Å²) in [4.78, 5) is 26.8. The quantitative estimate of drug-likeness (QED) is 0.527. The molecule has 20 heavy (non-hydrogen) atoms. The average molecular weight is 349 g/mol. The summed E-state index contributed by atoms with van der Waals surface area (Å²) < 4.78 is 6.20. The lowest BCUT2D eigenvalue weighted by atomic mass is 10.1. The first-order valence-electron chi connectivity index (χ1n) is 5.74. The molecule has 1 aliphatic rings. The summed E-state index contributed by atoms with van der Waals surface area (Å²) in [5, 5.41) is 28.5. The molecule has 0 unspecified atom stereocenters. The Hall–Kier alpha value is -1.26. The average Bonchev–Trinajstić information content (AvgIpc) is 2.70. The number of ether oxygens (including phenoxy) is 1. The van der Waals surface area contributed by atoms with E-state index < -0.39 is 42.4 Å². The molecule has 4 N–H and O–H groups in total. The highest BCUT2D eigenvalue weighted by Crippen LogP contribution is 2.27. The van der Waals surface area contributed by atoms with Crippen LogP contribution in [0, 0.1) is 0 Å². The zero-order valence-corrected chi connectivity index (χ0v) is 11.7. The second-order valence-corrected chi connectivity index (χ2v) is 4.80. The fourth-order valence-electron chi connectivity index (χ4n) is 1.99. The molecular formula is C11H13BrN2O6. The molecule has 0 amide bonds. The number of aliphatic hydroxyl groups is 3. The maximum atomic E-state index is 11.8. The van der Waals surface area contributed by atoms with Crippen molar-refractivity contribution in [1.29, 1.82) is 0 Å². The predicted molar refractivity (Wildman–Crippen MR) is 72.3 cm³/mol. The second kappa shape index (κ2) is 6.02. The Morgan fingerprint density at radius 2 is 2.10 bits per heavy atom. The van der Waals surface area contributed by atoms with E-state index in [-0.39, 0.29) is 5.56 Å². The van der Waals surface area contributed by atoms with E-state index in [0.717, 1.165) is 4.57 Å². The number of nitrogens with zero attached hydrogens (tertiary/aromatic N) is 1. The maximum Gasteiger partial charge on any atom is 0.330 e.